The van der Waals surface area contributed by atoms with E-state index >= 15 is 0 Å². The number of ether oxygens (including phenoxy) is 1. The Morgan fingerprint density at radius 2 is 2.00 bits per heavy atom. The van der Waals surface area contributed by atoms with Crippen LogP contribution < -0.4 is 10.1 Å². The summed E-state index contributed by atoms with van der Waals surface area (Å²) in [6.45, 7) is 2.54. The summed E-state index contributed by atoms with van der Waals surface area (Å²) in [4.78, 5) is 1.74. The van der Waals surface area contributed by atoms with Crippen LogP contribution in [0, 0.1) is 0 Å². The lowest BCUT2D eigenvalue weighted by Crippen LogP contribution is -2.46. The van der Waals surface area contributed by atoms with Crippen molar-refractivity contribution in [3.63, 3.8) is 0 Å². The molecular formula is C13H18F2N2O2. The number of halogens is 2. The molecule has 1 aliphatic rings. The summed E-state index contributed by atoms with van der Waals surface area (Å²) in [5.74, 6) is 0.179. The van der Waals surface area contributed by atoms with Crippen LogP contribution in [0.4, 0.5) is 8.78 Å². The van der Waals surface area contributed by atoms with Gasteiger partial charge in [0.15, 0.2) is 11.5 Å². The molecule has 1 aliphatic heterocycles. The minimum absolute atomic E-state index is 0.110. The highest BCUT2D eigenvalue weighted by atomic mass is 19.3. The van der Waals surface area contributed by atoms with Crippen molar-refractivity contribution in [3.05, 3.63) is 23.8 Å². The van der Waals surface area contributed by atoms with Gasteiger partial charge in [-0.05, 0) is 17.7 Å². The number of benzene rings is 1. The molecule has 0 amide bonds. The second-order valence-electron chi connectivity index (χ2n) is 4.50. The third-order valence-electron chi connectivity index (χ3n) is 3.33. The number of piperazine rings is 1. The Bertz CT molecular complexity index is 423. The monoisotopic (exact) mass is 272 g/mol. The number of aromatic hydroxyl groups is 1. The van der Waals surface area contributed by atoms with E-state index in [9.17, 15) is 13.9 Å². The summed E-state index contributed by atoms with van der Waals surface area (Å²) in [6, 6.07) is 3.47. The second kappa shape index (κ2) is 6.16. The Hall–Kier alpha value is -1.40. The van der Waals surface area contributed by atoms with Crippen molar-refractivity contribution in [2.75, 3.05) is 33.3 Å². The van der Waals surface area contributed by atoms with Crippen LogP contribution in [0.15, 0.2) is 18.2 Å². The number of methoxy groups -OCH3 is 1. The predicted octanol–water partition coefficient (Wildman–Crippen LogP) is 1.61. The van der Waals surface area contributed by atoms with Crippen LogP contribution in [-0.2, 0) is 0 Å². The van der Waals surface area contributed by atoms with Gasteiger partial charge in [0.2, 0.25) is 0 Å². The highest BCUT2D eigenvalue weighted by Crippen LogP contribution is 2.34. The zero-order valence-electron chi connectivity index (χ0n) is 10.8. The molecule has 1 fully saturated rings. The second-order valence-corrected chi connectivity index (χ2v) is 4.50. The third kappa shape index (κ3) is 3.13. The van der Waals surface area contributed by atoms with Gasteiger partial charge in [-0.25, -0.2) is 8.78 Å². The van der Waals surface area contributed by atoms with Crippen LogP contribution >= 0.6 is 0 Å². The Morgan fingerprint density at radius 1 is 1.32 bits per heavy atom. The van der Waals surface area contributed by atoms with Crippen molar-refractivity contribution in [2.24, 2.45) is 0 Å². The predicted molar refractivity (Wildman–Crippen MR) is 67.8 cm³/mol. The van der Waals surface area contributed by atoms with Crippen molar-refractivity contribution in [1.82, 2.24) is 10.2 Å². The maximum absolute atomic E-state index is 13.3. The standard InChI is InChI=1S/C13H18F2N2O2/c1-19-11-3-2-9(8-10(11)18)12(13(14)15)17-6-4-16-5-7-17/h2-3,8,12-13,16,18H,4-7H2,1H3/t12-/m0/s1. The summed E-state index contributed by atoms with van der Waals surface area (Å²) in [6.07, 6.45) is -2.49. The lowest BCUT2D eigenvalue weighted by molar-refractivity contribution is 0.0181. The molecule has 2 N–H and O–H groups in total. The Balaban J connectivity index is 2.25. The smallest absolute Gasteiger partial charge is 0.258 e. The van der Waals surface area contributed by atoms with E-state index in [1.807, 2.05) is 0 Å². The van der Waals surface area contributed by atoms with E-state index < -0.39 is 12.5 Å². The van der Waals surface area contributed by atoms with E-state index in [4.69, 9.17) is 4.74 Å². The van der Waals surface area contributed by atoms with Crippen LogP contribution in [-0.4, -0.2) is 49.7 Å². The van der Waals surface area contributed by atoms with E-state index in [0.717, 1.165) is 0 Å². The Labute approximate surface area is 111 Å². The molecule has 1 aromatic rings. The average molecular weight is 272 g/mol. The molecular weight excluding hydrogens is 254 g/mol. The van der Waals surface area contributed by atoms with Crippen molar-refractivity contribution < 1.29 is 18.6 Å². The first-order valence-electron chi connectivity index (χ1n) is 6.23. The first-order chi connectivity index (χ1) is 9.13. The van der Waals surface area contributed by atoms with Gasteiger partial charge in [0.25, 0.3) is 6.43 Å². The van der Waals surface area contributed by atoms with Crippen molar-refractivity contribution in [2.45, 2.75) is 12.5 Å². The zero-order chi connectivity index (χ0) is 13.8. The summed E-state index contributed by atoms with van der Waals surface area (Å²) in [5, 5.41) is 12.9. The topological polar surface area (TPSA) is 44.7 Å². The maximum atomic E-state index is 13.3. The average Bonchev–Trinajstić information content (AvgIpc) is 2.40. The van der Waals surface area contributed by atoms with E-state index in [1.54, 1.807) is 11.0 Å². The number of nitrogens with zero attached hydrogens (tertiary/aromatic N) is 1. The molecule has 0 spiro atoms. The van der Waals surface area contributed by atoms with E-state index in [0.29, 0.717) is 31.7 Å². The molecule has 4 nitrogen and oxygen atoms in total. The molecule has 0 bridgehead atoms. The molecule has 0 aliphatic carbocycles. The van der Waals surface area contributed by atoms with Gasteiger partial charge in [0, 0.05) is 26.2 Å². The number of phenolic OH excluding ortho intramolecular Hbond substituents is 1. The van der Waals surface area contributed by atoms with E-state index in [-0.39, 0.29) is 11.5 Å². The van der Waals surface area contributed by atoms with Gasteiger partial charge < -0.3 is 15.2 Å². The fraction of sp³-hybridized carbons (Fsp3) is 0.538. The molecule has 0 unspecified atom stereocenters. The van der Waals surface area contributed by atoms with Gasteiger partial charge in [-0.1, -0.05) is 6.07 Å². The normalized spacial score (nSPS) is 18.5. The first kappa shape index (κ1) is 14.0. The lowest BCUT2D eigenvalue weighted by Gasteiger charge is -2.34. The molecule has 1 saturated heterocycles. The molecule has 0 radical (unpaired) electrons. The first-order valence-corrected chi connectivity index (χ1v) is 6.23. The van der Waals surface area contributed by atoms with Crippen LogP contribution in [0.3, 0.4) is 0 Å². The third-order valence-corrected chi connectivity index (χ3v) is 3.33. The fourth-order valence-electron chi connectivity index (χ4n) is 2.37. The molecule has 1 atom stereocenters. The molecule has 6 heteroatoms. The lowest BCUT2D eigenvalue weighted by atomic mass is 10.0. The molecule has 0 aromatic heterocycles. The molecule has 19 heavy (non-hydrogen) atoms. The van der Waals surface area contributed by atoms with E-state index in [2.05, 4.69) is 5.32 Å². The molecule has 106 valence electrons. The van der Waals surface area contributed by atoms with Crippen molar-refractivity contribution >= 4 is 0 Å². The van der Waals surface area contributed by atoms with Crippen LogP contribution in [0.1, 0.15) is 11.6 Å². The number of alkyl halides is 2. The number of phenols is 1. The summed E-state index contributed by atoms with van der Waals surface area (Å²) >= 11 is 0. The molecule has 1 heterocycles. The van der Waals surface area contributed by atoms with Crippen LogP contribution in [0.2, 0.25) is 0 Å². The van der Waals surface area contributed by atoms with Crippen molar-refractivity contribution in [1.29, 1.82) is 0 Å². The maximum Gasteiger partial charge on any atom is 0.258 e. The van der Waals surface area contributed by atoms with Gasteiger partial charge in [-0.15, -0.1) is 0 Å². The zero-order valence-corrected chi connectivity index (χ0v) is 10.8. The molecule has 0 saturated carbocycles. The fourth-order valence-corrected chi connectivity index (χ4v) is 2.37. The largest absolute Gasteiger partial charge is 0.504 e. The number of hydrogen-bond donors (Lipinski definition) is 2. The molecule has 2 rings (SSSR count). The SMILES string of the molecule is COc1ccc([C@@H](C(F)F)N2CCNCC2)cc1O. The summed E-state index contributed by atoms with van der Waals surface area (Å²) in [5.41, 5.74) is 0.412. The highest BCUT2D eigenvalue weighted by molar-refractivity contribution is 5.42. The van der Waals surface area contributed by atoms with Crippen LogP contribution in [0.5, 0.6) is 11.5 Å². The number of hydrogen-bond acceptors (Lipinski definition) is 4. The van der Waals surface area contributed by atoms with E-state index in [1.165, 1.54) is 19.2 Å². The van der Waals surface area contributed by atoms with Gasteiger partial charge in [-0.2, -0.15) is 0 Å². The minimum Gasteiger partial charge on any atom is -0.504 e. The summed E-state index contributed by atoms with van der Waals surface area (Å²) < 4.78 is 31.5. The van der Waals surface area contributed by atoms with Crippen LogP contribution in [0.25, 0.3) is 0 Å². The van der Waals surface area contributed by atoms with Gasteiger partial charge in [0.05, 0.1) is 13.2 Å². The minimum atomic E-state index is -2.49. The highest BCUT2D eigenvalue weighted by Gasteiger charge is 2.30. The summed E-state index contributed by atoms with van der Waals surface area (Å²) in [7, 11) is 1.43. The van der Waals surface area contributed by atoms with Gasteiger partial charge in [-0.3, -0.25) is 4.90 Å². The van der Waals surface area contributed by atoms with Gasteiger partial charge >= 0.3 is 0 Å². The van der Waals surface area contributed by atoms with Crippen molar-refractivity contribution in [3.8, 4) is 11.5 Å². The quantitative estimate of drug-likeness (QED) is 0.874. The Morgan fingerprint density at radius 3 is 2.53 bits per heavy atom. The number of rotatable bonds is 4. The van der Waals surface area contributed by atoms with Gasteiger partial charge in [0.1, 0.15) is 0 Å². The number of nitrogens with one attached hydrogen (secondary N) is 1. The molecule has 1 aromatic carbocycles. The Kier molecular flexibility index (Phi) is 4.55.